The van der Waals surface area contributed by atoms with E-state index in [1.165, 1.54) is 6.08 Å². The Morgan fingerprint density at radius 3 is 2.53 bits per heavy atom. The van der Waals surface area contributed by atoms with Crippen molar-refractivity contribution in [1.29, 1.82) is 0 Å². The van der Waals surface area contributed by atoms with E-state index >= 15 is 0 Å². The van der Waals surface area contributed by atoms with Crippen molar-refractivity contribution < 1.29 is 4.79 Å². The van der Waals surface area contributed by atoms with E-state index in [0.29, 0.717) is 11.6 Å². The van der Waals surface area contributed by atoms with Crippen LogP contribution in [0.4, 0.5) is 0 Å². The second-order valence-corrected chi connectivity index (χ2v) is 4.39. The van der Waals surface area contributed by atoms with Gasteiger partial charge in [0.1, 0.15) is 0 Å². The number of hydrogen-bond acceptors (Lipinski definition) is 2. The molecule has 1 N–H and O–H groups in total. The smallest absolute Gasteiger partial charge is 0.244 e. The SMILES string of the molecule is O=C(C=Cc1ccncc1)NCc1ccc(Cl)cc1. The normalized spacial score (nSPS) is 10.6. The van der Waals surface area contributed by atoms with Gasteiger partial charge in [-0.3, -0.25) is 9.78 Å². The second kappa shape index (κ2) is 6.71. The van der Waals surface area contributed by atoms with Crippen molar-refractivity contribution >= 4 is 23.6 Å². The maximum absolute atomic E-state index is 11.6. The van der Waals surface area contributed by atoms with E-state index in [1.807, 2.05) is 24.3 Å². The molecule has 0 saturated carbocycles. The molecule has 1 aromatic heterocycles. The molecule has 19 heavy (non-hydrogen) atoms. The summed E-state index contributed by atoms with van der Waals surface area (Å²) in [6.45, 7) is 0.483. The third-order valence-corrected chi connectivity index (χ3v) is 2.77. The van der Waals surface area contributed by atoms with Gasteiger partial charge in [-0.25, -0.2) is 0 Å². The molecule has 0 atom stereocenters. The summed E-state index contributed by atoms with van der Waals surface area (Å²) >= 11 is 5.79. The lowest BCUT2D eigenvalue weighted by Gasteiger charge is -2.02. The number of pyridine rings is 1. The van der Waals surface area contributed by atoms with E-state index in [2.05, 4.69) is 10.3 Å². The highest BCUT2D eigenvalue weighted by Gasteiger charge is 1.97. The van der Waals surface area contributed by atoms with Crippen LogP contribution in [0.5, 0.6) is 0 Å². The minimum absolute atomic E-state index is 0.133. The molecule has 0 aliphatic heterocycles. The molecule has 0 aliphatic carbocycles. The van der Waals surface area contributed by atoms with E-state index in [-0.39, 0.29) is 5.91 Å². The first-order valence-electron chi connectivity index (χ1n) is 5.84. The quantitative estimate of drug-likeness (QED) is 0.869. The molecule has 96 valence electrons. The number of hydrogen-bond donors (Lipinski definition) is 1. The average molecular weight is 273 g/mol. The molecule has 0 spiro atoms. The lowest BCUT2D eigenvalue weighted by Crippen LogP contribution is -2.20. The molecule has 1 aromatic carbocycles. The molecule has 2 rings (SSSR count). The molecule has 0 bridgehead atoms. The van der Waals surface area contributed by atoms with Gasteiger partial charge >= 0.3 is 0 Å². The second-order valence-electron chi connectivity index (χ2n) is 3.96. The molecule has 0 unspecified atom stereocenters. The number of amides is 1. The summed E-state index contributed by atoms with van der Waals surface area (Å²) in [5.41, 5.74) is 1.95. The third kappa shape index (κ3) is 4.56. The Morgan fingerprint density at radius 1 is 1.16 bits per heavy atom. The van der Waals surface area contributed by atoms with Gasteiger partial charge in [0.15, 0.2) is 0 Å². The van der Waals surface area contributed by atoms with Crippen LogP contribution in [0, 0.1) is 0 Å². The Balaban J connectivity index is 1.85. The molecule has 0 fully saturated rings. The predicted molar refractivity (Wildman–Crippen MR) is 76.6 cm³/mol. The lowest BCUT2D eigenvalue weighted by atomic mass is 10.2. The highest BCUT2D eigenvalue weighted by atomic mass is 35.5. The fraction of sp³-hybridized carbons (Fsp3) is 0.0667. The molecule has 1 amide bonds. The number of carbonyl (C=O) groups is 1. The van der Waals surface area contributed by atoms with Crippen molar-refractivity contribution in [2.45, 2.75) is 6.54 Å². The van der Waals surface area contributed by atoms with Crippen molar-refractivity contribution in [3.05, 3.63) is 71.0 Å². The molecule has 0 aliphatic rings. The van der Waals surface area contributed by atoms with Crippen LogP contribution in [-0.4, -0.2) is 10.9 Å². The van der Waals surface area contributed by atoms with Gasteiger partial charge < -0.3 is 5.32 Å². The minimum Gasteiger partial charge on any atom is -0.348 e. The predicted octanol–water partition coefficient (Wildman–Crippen LogP) is 3.06. The summed E-state index contributed by atoms with van der Waals surface area (Å²) in [5.74, 6) is -0.133. The monoisotopic (exact) mass is 272 g/mol. The van der Waals surface area contributed by atoms with E-state index in [0.717, 1.165) is 11.1 Å². The van der Waals surface area contributed by atoms with Crippen LogP contribution in [0.3, 0.4) is 0 Å². The van der Waals surface area contributed by atoms with Crippen LogP contribution in [-0.2, 0) is 11.3 Å². The largest absolute Gasteiger partial charge is 0.348 e. The van der Waals surface area contributed by atoms with E-state index in [9.17, 15) is 4.79 Å². The zero-order valence-electron chi connectivity index (χ0n) is 10.2. The van der Waals surface area contributed by atoms with Crippen molar-refractivity contribution in [2.75, 3.05) is 0 Å². The fourth-order valence-electron chi connectivity index (χ4n) is 1.50. The Labute approximate surface area is 116 Å². The van der Waals surface area contributed by atoms with E-state index < -0.39 is 0 Å². The summed E-state index contributed by atoms with van der Waals surface area (Å²) in [5, 5.41) is 3.49. The van der Waals surface area contributed by atoms with Crippen molar-refractivity contribution in [3.63, 3.8) is 0 Å². The average Bonchev–Trinajstić information content (AvgIpc) is 2.45. The van der Waals surface area contributed by atoms with Gasteiger partial charge in [-0.1, -0.05) is 23.7 Å². The molecular formula is C15H13ClN2O. The maximum Gasteiger partial charge on any atom is 0.244 e. The fourth-order valence-corrected chi connectivity index (χ4v) is 1.62. The van der Waals surface area contributed by atoms with E-state index in [4.69, 9.17) is 11.6 Å². The number of rotatable bonds is 4. The first-order chi connectivity index (χ1) is 9.24. The summed E-state index contributed by atoms with van der Waals surface area (Å²) in [7, 11) is 0. The van der Waals surface area contributed by atoms with Crippen molar-refractivity contribution in [1.82, 2.24) is 10.3 Å². The minimum atomic E-state index is -0.133. The van der Waals surface area contributed by atoms with Gasteiger partial charge in [0.05, 0.1) is 0 Å². The number of nitrogens with zero attached hydrogens (tertiary/aromatic N) is 1. The van der Waals surface area contributed by atoms with Gasteiger partial charge in [-0.2, -0.15) is 0 Å². The Bertz CT molecular complexity index is 564. The van der Waals surface area contributed by atoms with Crippen LogP contribution in [0.2, 0.25) is 5.02 Å². The topological polar surface area (TPSA) is 42.0 Å². The highest BCUT2D eigenvalue weighted by molar-refractivity contribution is 6.30. The van der Waals surface area contributed by atoms with Crippen molar-refractivity contribution in [3.8, 4) is 0 Å². The van der Waals surface area contributed by atoms with Crippen molar-refractivity contribution in [2.24, 2.45) is 0 Å². The molecule has 0 radical (unpaired) electrons. The lowest BCUT2D eigenvalue weighted by molar-refractivity contribution is -0.116. The zero-order valence-corrected chi connectivity index (χ0v) is 11.0. The first-order valence-corrected chi connectivity index (χ1v) is 6.22. The molecular weight excluding hydrogens is 260 g/mol. The van der Waals surface area contributed by atoms with Gasteiger partial charge in [0.2, 0.25) is 5.91 Å². The molecule has 0 saturated heterocycles. The number of nitrogens with one attached hydrogen (secondary N) is 1. The van der Waals surface area contributed by atoms with Crippen LogP contribution >= 0.6 is 11.6 Å². The zero-order chi connectivity index (χ0) is 13.5. The molecule has 4 heteroatoms. The summed E-state index contributed by atoms with van der Waals surface area (Å²) < 4.78 is 0. The van der Waals surface area contributed by atoms with Crippen LogP contribution in [0.25, 0.3) is 6.08 Å². The number of aromatic nitrogens is 1. The van der Waals surface area contributed by atoms with Gasteiger partial charge in [-0.15, -0.1) is 0 Å². The Morgan fingerprint density at radius 2 is 1.84 bits per heavy atom. The maximum atomic E-state index is 11.6. The summed E-state index contributed by atoms with van der Waals surface area (Å²) in [4.78, 5) is 15.5. The highest BCUT2D eigenvalue weighted by Crippen LogP contribution is 2.09. The standard InChI is InChI=1S/C15H13ClN2O/c16-14-4-1-13(2-5-14)11-18-15(19)6-3-12-7-9-17-10-8-12/h1-10H,11H2,(H,18,19). The van der Waals surface area contributed by atoms with Crippen LogP contribution in [0.15, 0.2) is 54.9 Å². The number of halogens is 1. The number of carbonyl (C=O) groups excluding carboxylic acids is 1. The first kappa shape index (κ1) is 13.3. The summed E-state index contributed by atoms with van der Waals surface area (Å²) in [6, 6.07) is 11.0. The Hall–Kier alpha value is -2.13. The molecule has 3 nitrogen and oxygen atoms in total. The molecule has 1 heterocycles. The molecule has 2 aromatic rings. The Kier molecular flexibility index (Phi) is 4.70. The third-order valence-electron chi connectivity index (χ3n) is 2.51. The van der Waals surface area contributed by atoms with E-state index in [1.54, 1.807) is 30.6 Å². The van der Waals surface area contributed by atoms with Crippen LogP contribution in [0.1, 0.15) is 11.1 Å². The summed E-state index contributed by atoms with van der Waals surface area (Å²) in [6.07, 6.45) is 6.63. The van der Waals surface area contributed by atoms with Gasteiger partial charge in [-0.05, 0) is 41.5 Å². The number of benzene rings is 1. The van der Waals surface area contributed by atoms with Gasteiger partial charge in [0.25, 0.3) is 0 Å². The van der Waals surface area contributed by atoms with Crippen LogP contribution < -0.4 is 5.32 Å². The van der Waals surface area contributed by atoms with Gasteiger partial charge in [0, 0.05) is 30.0 Å².